The summed E-state index contributed by atoms with van der Waals surface area (Å²) in [7, 11) is 0. The minimum Gasteiger partial charge on any atom is -0.477 e. The Morgan fingerprint density at radius 3 is 2.36 bits per heavy atom. The van der Waals surface area contributed by atoms with Crippen LogP contribution in [-0.4, -0.2) is 77.3 Å². The molecule has 0 bridgehead atoms. The first-order valence-electron chi connectivity index (χ1n) is 16.8. The third-order valence-electron chi connectivity index (χ3n) is 9.15. The maximum absolute atomic E-state index is 13.3. The van der Waals surface area contributed by atoms with E-state index in [0.29, 0.717) is 65.8 Å². The summed E-state index contributed by atoms with van der Waals surface area (Å²) in [6.45, 7) is 6.65. The zero-order valence-corrected chi connectivity index (χ0v) is 27.6. The highest BCUT2D eigenvalue weighted by Gasteiger charge is 2.31. The third-order valence-corrected chi connectivity index (χ3v) is 9.15. The lowest BCUT2D eigenvalue weighted by Crippen LogP contribution is -2.49. The van der Waals surface area contributed by atoms with Crippen molar-refractivity contribution in [2.24, 2.45) is 5.92 Å². The van der Waals surface area contributed by atoms with Gasteiger partial charge in [0.15, 0.2) is 0 Å². The second-order valence-electron chi connectivity index (χ2n) is 12.9. The van der Waals surface area contributed by atoms with Crippen LogP contribution in [0.2, 0.25) is 0 Å². The number of hydrogen-bond acceptors (Lipinski definition) is 8. The van der Waals surface area contributed by atoms with E-state index in [0.717, 1.165) is 43.1 Å². The highest BCUT2D eigenvalue weighted by molar-refractivity contribution is 6.05. The highest BCUT2D eigenvalue weighted by Crippen LogP contribution is 2.35. The molecule has 1 aromatic heterocycles. The van der Waals surface area contributed by atoms with Crippen molar-refractivity contribution in [3.8, 4) is 22.9 Å². The molecule has 1 saturated carbocycles. The molecule has 1 saturated heterocycles. The molecule has 50 heavy (non-hydrogen) atoms. The number of carbonyl (C=O) groups is 2. The Labute approximate surface area is 287 Å². The summed E-state index contributed by atoms with van der Waals surface area (Å²) in [4.78, 5) is 40.1. The Hall–Kier alpha value is -5.17. The van der Waals surface area contributed by atoms with Crippen LogP contribution in [0.4, 0.5) is 30.5 Å². The van der Waals surface area contributed by atoms with Gasteiger partial charge in [0, 0.05) is 66.4 Å². The van der Waals surface area contributed by atoms with Crippen LogP contribution in [0.25, 0.3) is 11.3 Å². The molecule has 3 heterocycles. The van der Waals surface area contributed by atoms with Crippen molar-refractivity contribution >= 4 is 29.1 Å². The van der Waals surface area contributed by atoms with Crippen molar-refractivity contribution in [2.75, 3.05) is 50.0 Å². The second-order valence-corrected chi connectivity index (χ2v) is 12.9. The van der Waals surface area contributed by atoms with E-state index in [4.69, 9.17) is 4.74 Å². The number of benzene rings is 3. The number of alkyl halides is 3. The van der Waals surface area contributed by atoms with E-state index in [1.54, 1.807) is 36.4 Å². The topological polar surface area (TPSA) is 109 Å². The number of carbonyl (C=O) groups excluding carboxylic acids is 2. The molecular weight excluding hydrogens is 649 g/mol. The molecule has 0 radical (unpaired) electrons. The molecule has 4 aromatic rings. The molecule has 10 nitrogen and oxygen atoms in total. The molecular formula is C37H37F3N6O4. The number of nitrogens with zero attached hydrogens (tertiary/aromatic N) is 4. The number of ether oxygens (including phenoxy) is 2. The van der Waals surface area contributed by atoms with Crippen LogP contribution in [0.3, 0.4) is 0 Å². The molecule has 1 aliphatic carbocycles. The van der Waals surface area contributed by atoms with Gasteiger partial charge in [0.05, 0.1) is 12.3 Å². The quantitative estimate of drug-likeness (QED) is 0.197. The molecule has 2 amide bonds. The molecule has 2 N–H and O–H groups in total. The van der Waals surface area contributed by atoms with E-state index in [-0.39, 0.29) is 23.5 Å². The highest BCUT2D eigenvalue weighted by atomic mass is 19.4. The minimum absolute atomic E-state index is 0.0348. The standard InChI is InChI=1S/C37H37F3N6O4/c1-23-4-7-27(35(48)46-18-16-45(17-19-46)22-24-5-6-24)21-31(23)42-33(47)26-8-12-28(13-9-26)41-36-43-32(30-3-2-20-49-34(30)44-36)25-10-14-29(15-11-25)50-37(38,39)40/h4,7-15,21,24H,2-3,5-6,16-20,22H2,1H3,(H,42,47)(H,41,43,44). The van der Waals surface area contributed by atoms with E-state index in [9.17, 15) is 22.8 Å². The van der Waals surface area contributed by atoms with Gasteiger partial charge in [0.1, 0.15) is 5.75 Å². The zero-order chi connectivity index (χ0) is 34.8. The van der Waals surface area contributed by atoms with Gasteiger partial charge in [-0.3, -0.25) is 14.5 Å². The number of aryl methyl sites for hydroxylation is 1. The number of piperazine rings is 1. The first-order chi connectivity index (χ1) is 24.1. The molecule has 3 aliphatic rings. The Morgan fingerprint density at radius 1 is 0.940 bits per heavy atom. The number of aromatic nitrogens is 2. The van der Waals surface area contributed by atoms with Crippen molar-refractivity contribution in [1.82, 2.24) is 19.8 Å². The molecule has 7 rings (SSSR count). The molecule has 13 heteroatoms. The average Bonchev–Trinajstić information content (AvgIpc) is 3.93. The number of fused-ring (bicyclic) bond motifs is 1. The van der Waals surface area contributed by atoms with Gasteiger partial charge < -0.3 is 25.0 Å². The van der Waals surface area contributed by atoms with Crippen molar-refractivity contribution in [1.29, 1.82) is 0 Å². The summed E-state index contributed by atoms with van der Waals surface area (Å²) in [5.41, 5.74) is 4.87. The van der Waals surface area contributed by atoms with Gasteiger partial charge in [-0.05, 0) is 105 Å². The van der Waals surface area contributed by atoms with Crippen LogP contribution in [0.1, 0.15) is 51.1 Å². The summed E-state index contributed by atoms with van der Waals surface area (Å²) in [5, 5.41) is 6.10. The van der Waals surface area contributed by atoms with Gasteiger partial charge >= 0.3 is 6.36 Å². The molecule has 2 aliphatic heterocycles. The van der Waals surface area contributed by atoms with Crippen LogP contribution in [0.5, 0.6) is 11.6 Å². The van der Waals surface area contributed by atoms with E-state index in [1.165, 1.54) is 37.1 Å². The zero-order valence-electron chi connectivity index (χ0n) is 27.6. The summed E-state index contributed by atoms with van der Waals surface area (Å²) in [5.74, 6) is 0.778. The summed E-state index contributed by atoms with van der Waals surface area (Å²) in [6, 6.07) is 17.7. The predicted molar refractivity (Wildman–Crippen MR) is 182 cm³/mol. The maximum atomic E-state index is 13.3. The van der Waals surface area contributed by atoms with Gasteiger partial charge in [0.2, 0.25) is 11.8 Å². The largest absolute Gasteiger partial charge is 0.573 e. The van der Waals surface area contributed by atoms with Crippen LogP contribution < -0.4 is 20.1 Å². The maximum Gasteiger partial charge on any atom is 0.573 e. The SMILES string of the molecule is Cc1ccc(C(=O)N2CCN(CC3CC3)CC2)cc1NC(=O)c1ccc(Nc2nc3c(c(-c4ccc(OC(F)(F)F)cc4)n2)CCCO3)cc1. The molecule has 0 spiro atoms. The predicted octanol–water partition coefficient (Wildman–Crippen LogP) is 6.84. The van der Waals surface area contributed by atoms with Gasteiger partial charge in [0.25, 0.3) is 11.8 Å². The Morgan fingerprint density at radius 2 is 1.66 bits per heavy atom. The normalized spacial score (nSPS) is 16.3. The Balaban J connectivity index is 1.01. The lowest BCUT2D eigenvalue weighted by Gasteiger charge is -2.35. The molecule has 0 unspecified atom stereocenters. The fraction of sp³-hybridized carbons (Fsp3) is 0.351. The van der Waals surface area contributed by atoms with Gasteiger partial charge in [-0.15, -0.1) is 13.2 Å². The fourth-order valence-electron chi connectivity index (χ4n) is 6.23. The van der Waals surface area contributed by atoms with E-state index >= 15 is 0 Å². The summed E-state index contributed by atoms with van der Waals surface area (Å²) >= 11 is 0. The first-order valence-corrected chi connectivity index (χ1v) is 16.8. The third kappa shape index (κ3) is 7.99. The number of amides is 2. The number of nitrogens with one attached hydrogen (secondary N) is 2. The van der Waals surface area contributed by atoms with Crippen LogP contribution >= 0.6 is 0 Å². The average molecular weight is 687 g/mol. The summed E-state index contributed by atoms with van der Waals surface area (Å²) < 4.78 is 47.8. The summed E-state index contributed by atoms with van der Waals surface area (Å²) in [6.07, 6.45) is -0.745. The number of anilines is 3. The van der Waals surface area contributed by atoms with Crippen LogP contribution in [0, 0.1) is 12.8 Å². The van der Waals surface area contributed by atoms with Crippen LogP contribution in [0.15, 0.2) is 66.7 Å². The lowest BCUT2D eigenvalue weighted by molar-refractivity contribution is -0.274. The van der Waals surface area contributed by atoms with Crippen molar-refractivity contribution < 1.29 is 32.2 Å². The van der Waals surface area contributed by atoms with Gasteiger partial charge in [-0.1, -0.05) is 6.07 Å². The molecule has 260 valence electrons. The first kappa shape index (κ1) is 33.3. The molecule has 3 aromatic carbocycles. The molecule has 2 fully saturated rings. The minimum atomic E-state index is -4.79. The fourth-order valence-corrected chi connectivity index (χ4v) is 6.23. The Bertz CT molecular complexity index is 1870. The van der Waals surface area contributed by atoms with Gasteiger partial charge in [-0.2, -0.15) is 4.98 Å². The number of hydrogen-bond donors (Lipinski definition) is 2. The smallest absolute Gasteiger partial charge is 0.477 e. The van der Waals surface area contributed by atoms with E-state index in [2.05, 4.69) is 30.2 Å². The van der Waals surface area contributed by atoms with Crippen LogP contribution in [-0.2, 0) is 6.42 Å². The van der Waals surface area contributed by atoms with Gasteiger partial charge in [-0.25, -0.2) is 4.98 Å². The second kappa shape index (κ2) is 14.0. The molecule has 0 atom stereocenters. The van der Waals surface area contributed by atoms with Crippen molar-refractivity contribution in [3.05, 3.63) is 89.0 Å². The van der Waals surface area contributed by atoms with Crippen molar-refractivity contribution in [3.63, 3.8) is 0 Å². The van der Waals surface area contributed by atoms with E-state index in [1.807, 2.05) is 17.9 Å². The monoisotopic (exact) mass is 686 g/mol. The number of halogens is 3. The lowest BCUT2D eigenvalue weighted by atomic mass is 10.0. The number of rotatable bonds is 9. The van der Waals surface area contributed by atoms with E-state index < -0.39 is 6.36 Å². The van der Waals surface area contributed by atoms with Crippen molar-refractivity contribution in [2.45, 2.75) is 39.0 Å². The Kier molecular flexibility index (Phi) is 9.32.